The predicted molar refractivity (Wildman–Crippen MR) is 121 cm³/mol. The first kappa shape index (κ1) is 22.3. The molecular weight excluding hydrogens is 412 g/mol. The lowest BCUT2D eigenvalue weighted by atomic mass is 9.96. The van der Waals surface area contributed by atoms with E-state index < -0.39 is 0 Å². The molecule has 2 saturated heterocycles. The first-order chi connectivity index (χ1) is 15.0. The second kappa shape index (κ2) is 10.1. The van der Waals surface area contributed by atoms with Crippen molar-refractivity contribution in [2.45, 2.75) is 70.9 Å². The van der Waals surface area contributed by atoms with Gasteiger partial charge in [0.1, 0.15) is 6.04 Å². The van der Waals surface area contributed by atoms with E-state index in [0.29, 0.717) is 24.1 Å². The fourth-order valence-corrected chi connectivity index (χ4v) is 4.94. The number of amides is 1. The Bertz CT molecular complexity index is 876. The summed E-state index contributed by atoms with van der Waals surface area (Å²) in [7, 11) is 0. The van der Waals surface area contributed by atoms with Crippen LogP contribution < -0.4 is 0 Å². The number of piperidine rings is 2. The van der Waals surface area contributed by atoms with Crippen molar-refractivity contribution in [3.63, 3.8) is 0 Å². The predicted octanol–water partition coefficient (Wildman–Crippen LogP) is 5.20. The summed E-state index contributed by atoms with van der Waals surface area (Å²) in [4.78, 5) is 17.1. The van der Waals surface area contributed by atoms with Gasteiger partial charge in [-0.1, -0.05) is 37.6 Å². The van der Waals surface area contributed by atoms with Gasteiger partial charge in [0.15, 0.2) is 0 Å². The number of carbonyl (C=O) groups is 1. The van der Waals surface area contributed by atoms with E-state index in [9.17, 15) is 4.79 Å². The maximum Gasteiger partial charge on any atom is 0.238 e. The molecule has 1 aromatic heterocycles. The molecule has 31 heavy (non-hydrogen) atoms. The second-order valence-corrected chi connectivity index (χ2v) is 9.79. The third-order valence-electron chi connectivity index (χ3n) is 6.38. The minimum absolute atomic E-state index is 0.0656. The maximum atomic E-state index is 12.7. The number of hydrogen-bond acceptors (Lipinski definition) is 5. The van der Waals surface area contributed by atoms with Crippen LogP contribution in [0, 0.1) is 5.92 Å². The van der Waals surface area contributed by atoms with Crippen molar-refractivity contribution in [1.82, 2.24) is 20.0 Å². The van der Waals surface area contributed by atoms with Gasteiger partial charge < -0.3 is 9.32 Å². The van der Waals surface area contributed by atoms with Crippen LogP contribution in [0.5, 0.6) is 0 Å². The lowest BCUT2D eigenvalue weighted by molar-refractivity contribution is -0.136. The third kappa shape index (κ3) is 5.66. The molecule has 0 saturated carbocycles. The van der Waals surface area contributed by atoms with E-state index in [1.54, 1.807) is 0 Å². The molecular formula is C24H33ClN4O2. The Balaban J connectivity index is 1.36. The van der Waals surface area contributed by atoms with Crippen LogP contribution in [-0.4, -0.2) is 45.5 Å². The summed E-state index contributed by atoms with van der Waals surface area (Å²) in [6, 6.07) is 8.01. The highest BCUT2D eigenvalue weighted by molar-refractivity contribution is 6.30. The molecule has 7 heteroatoms. The van der Waals surface area contributed by atoms with Crippen LogP contribution in [0.25, 0.3) is 0 Å². The first-order valence-corrected chi connectivity index (χ1v) is 12.0. The average Bonchev–Trinajstić information content (AvgIpc) is 3.24. The Hall–Kier alpha value is -1.92. The molecule has 0 radical (unpaired) electrons. The van der Waals surface area contributed by atoms with Gasteiger partial charge in [-0.25, -0.2) is 0 Å². The van der Waals surface area contributed by atoms with Crippen molar-refractivity contribution in [3.05, 3.63) is 46.6 Å². The Morgan fingerprint density at radius 2 is 1.90 bits per heavy atom. The van der Waals surface area contributed by atoms with Gasteiger partial charge in [-0.2, -0.15) is 0 Å². The summed E-state index contributed by atoms with van der Waals surface area (Å²) in [6.45, 7) is 7.86. The van der Waals surface area contributed by atoms with Gasteiger partial charge in [0.2, 0.25) is 17.7 Å². The largest absolute Gasteiger partial charge is 0.423 e. The number of halogens is 1. The lowest BCUT2D eigenvalue weighted by Crippen LogP contribution is -2.39. The van der Waals surface area contributed by atoms with Crippen molar-refractivity contribution < 1.29 is 9.21 Å². The van der Waals surface area contributed by atoms with Gasteiger partial charge in [0.05, 0.1) is 0 Å². The van der Waals surface area contributed by atoms with Crippen LogP contribution in [0.2, 0.25) is 5.02 Å². The molecule has 0 bridgehead atoms. The summed E-state index contributed by atoms with van der Waals surface area (Å²) in [5, 5.41) is 9.57. The topological polar surface area (TPSA) is 62.5 Å². The summed E-state index contributed by atoms with van der Waals surface area (Å²) in [5.74, 6) is 2.20. The van der Waals surface area contributed by atoms with Crippen LogP contribution in [0.1, 0.15) is 81.7 Å². The number of likely N-dealkylation sites (tertiary alicyclic amines) is 2. The van der Waals surface area contributed by atoms with Crippen molar-refractivity contribution in [2.75, 3.05) is 19.6 Å². The monoisotopic (exact) mass is 444 g/mol. The molecule has 1 unspecified atom stereocenters. The fraction of sp³-hybridized carbons (Fsp3) is 0.625. The number of rotatable bonds is 6. The van der Waals surface area contributed by atoms with Crippen LogP contribution >= 0.6 is 11.6 Å². The van der Waals surface area contributed by atoms with E-state index in [0.717, 1.165) is 69.2 Å². The van der Waals surface area contributed by atoms with Crippen molar-refractivity contribution in [2.24, 2.45) is 5.92 Å². The zero-order chi connectivity index (χ0) is 21.8. The molecule has 1 atom stereocenters. The molecule has 3 heterocycles. The van der Waals surface area contributed by atoms with Gasteiger partial charge in [-0.15, -0.1) is 10.2 Å². The maximum absolute atomic E-state index is 12.7. The van der Waals surface area contributed by atoms with Crippen LogP contribution in [-0.2, 0) is 11.3 Å². The highest BCUT2D eigenvalue weighted by Crippen LogP contribution is 2.34. The zero-order valence-electron chi connectivity index (χ0n) is 18.6. The van der Waals surface area contributed by atoms with Gasteiger partial charge in [-0.05, 0) is 68.8 Å². The van der Waals surface area contributed by atoms with Crippen LogP contribution in [0.3, 0.4) is 0 Å². The molecule has 2 aliphatic rings. The van der Waals surface area contributed by atoms with E-state index in [4.69, 9.17) is 16.0 Å². The smallest absolute Gasteiger partial charge is 0.238 e. The first-order valence-electron chi connectivity index (χ1n) is 11.6. The number of nitrogens with zero attached hydrogens (tertiary/aromatic N) is 4. The lowest BCUT2D eigenvalue weighted by Gasteiger charge is -2.34. The van der Waals surface area contributed by atoms with Crippen molar-refractivity contribution in [3.8, 4) is 0 Å². The number of carbonyl (C=O) groups excluding carboxylic acids is 1. The normalized spacial score (nSPS) is 21.0. The summed E-state index contributed by atoms with van der Waals surface area (Å²) in [6.07, 6.45) is 5.62. The molecule has 4 rings (SSSR count). The molecule has 2 fully saturated rings. The molecule has 6 nitrogen and oxygen atoms in total. The summed E-state index contributed by atoms with van der Waals surface area (Å²) < 4.78 is 6.17. The Kier molecular flexibility index (Phi) is 7.28. The molecule has 1 aromatic carbocycles. The molecule has 0 spiro atoms. The van der Waals surface area contributed by atoms with Crippen LogP contribution in [0.4, 0.5) is 0 Å². The molecule has 168 valence electrons. The second-order valence-electron chi connectivity index (χ2n) is 9.36. The average molecular weight is 445 g/mol. The minimum Gasteiger partial charge on any atom is -0.423 e. The third-order valence-corrected chi connectivity index (χ3v) is 6.61. The van der Waals surface area contributed by atoms with Gasteiger partial charge in [-0.3, -0.25) is 9.69 Å². The van der Waals surface area contributed by atoms with Gasteiger partial charge in [0, 0.05) is 30.5 Å². The highest BCUT2D eigenvalue weighted by atomic mass is 35.5. The molecule has 2 aromatic rings. The summed E-state index contributed by atoms with van der Waals surface area (Å²) >= 11 is 6.12. The van der Waals surface area contributed by atoms with E-state index in [2.05, 4.69) is 35.0 Å². The Labute approximate surface area is 190 Å². The molecule has 0 aliphatic carbocycles. The summed E-state index contributed by atoms with van der Waals surface area (Å²) in [5.41, 5.74) is 1.24. The molecule has 0 N–H and O–H groups in total. The van der Waals surface area contributed by atoms with E-state index in [-0.39, 0.29) is 11.9 Å². The van der Waals surface area contributed by atoms with Crippen molar-refractivity contribution >= 4 is 17.5 Å². The zero-order valence-corrected chi connectivity index (χ0v) is 19.4. The van der Waals surface area contributed by atoms with Gasteiger partial charge in [0.25, 0.3) is 0 Å². The van der Waals surface area contributed by atoms with E-state index in [1.807, 2.05) is 23.1 Å². The SMILES string of the molecule is CC(C)CC(=O)N1CCCCC1c1nnc(C2CCN(Cc3cccc(Cl)c3)CC2)o1. The molecule has 2 aliphatic heterocycles. The van der Waals surface area contributed by atoms with Crippen molar-refractivity contribution in [1.29, 1.82) is 0 Å². The fourth-order valence-electron chi connectivity index (χ4n) is 4.73. The number of hydrogen-bond donors (Lipinski definition) is 0. The van der Waals surface area contributed by atoms with E-state index in [1.165, 1.54) is 5.56 Å². The molecule has 1 amide bonds. The van der Waals surface area contributed by atoms with E-state index >= 15 is 0 Å². The van der Waals surface area contributed by atoms with Gasteiger partial charge >= 0.3 is 0 Å². The number of benzene rings is 1. The highest BCUT2D eigenvalue weighted by Gasteiger charge is 2.33. The Morgan fingerprint density at radius 3 is 2.65 bits per heavy atom. The quantitative estimate of drug-likeness (QED) is 0.612. The van der Waals surface area contributed by atoms with Crippen LogP contribution in [0.15, 0.2) is 28.7 Å². The Morgan fingerprint density at radius 1 is 1.13 bits per heavy atom. The minimum atomic E-state index is -0.0656. The standard InChI is InChI=1S/C24H33ClN4O2/c1-17(2)14-22(30)29-11-4-3-8-21(29)24-27-26-23(31-24)19-9-12-28(13-10-19)16-18-6-5-7-20(25)15-18/h5-7,15,17,19,21H,3-4,8-14,16H2,1-2H3. The number of aromatic nitrogens is 2.